The van der Waals surface area contributed by atoms with Gasteiger partial charge in [0.05, 0.1) is 12.9 Å². The molecule has 0 aliphatic carbocycles. The average Bonchev–Trinajstić information content (AvgIpc) is 2.63. The second kappa shape index (κ2) is 11.0. The van der Waals surface area contributed by atoms with Crippen LogP contribution in [0.25, 0.3) is 0 Å². The number of hydrogen-bond acceptors (Lipinski definition) is 4. The zero-order valence-corrected chi connectivity index (χ0v) is 16.2. The maximum Gasteiger partial charge on any atom is 0.264 e. The fourth-order valence-electron chi connectivity index (χ4n) is 2.67. The summed E-state index contributed by atoms with van der Waals surface area (Å²) in [6.45, 7) is 0.881. The molecule has 26 heavy (non-hydrogen) atoms. The van der Waals surface area contributed by atoms with Crippen LogP contribution in [0.1, 0.15) is 43.2 Å². The topological polar surface area (TPSA) is 52.6 Å². The molecule has 0 atom stereocenters. The molecule has 0 heterocycles. The Labute approximate surface area is 157 Å². The third-order valence-electron chi connectivity index (χ3n) is 4.08. The molecule has 0 spiro atoms. The zero-order chi connectivity index (χ0) is 18.7. The Kier molecular flexibility index (Phi) is 8.65. The minimum atomic E-state index is -3.29. The molecule has 0 bridgehead atoms. The Balaban J connectivity index is 1.56. The van der Waals surface area contributed by atoms with E-state index in [2.05, 4.69) is 24.3 Å². The van der Waals surface area contributed by atoms with Crippen LogP contribution >= 0.6 is 0 Å². The third-order valence-corrected chi connectivity index (χ3v) is 4.67. The summed E-state index contributed by atoms with van der Waals surface area (Å²) in [5, 5.41) is 0. The lowest BCUT2D eigenvalue weighted by molar-refractivity contribution is 0.306. The van der Waals surface area contributed by atoms with Crippen molar-refractivity contribution in [2.24, 2.45) is 0 Å². The van der Waals surface area contributed by atoms with Gasteiger partial charge in [-0.25, -0.2) is 0 Å². The standard InChI is InChI=1S/C21H28O4S/c1-26(22,23)25-17-9-4-2-3-6-10-19-13-15-21(16-14-19)24-18-20-11-7-5-8-12-20/h5,7-8,11-16H,2-4,6,9-10,17-18H2,1H3. The van der Waals surface area contributed by atoms with Crippen molar-refractivity contribution < 1.29 is 17.3 Å². The number of hydrogen-bond donors (Lipinski definition) is 0. The van der Waals surface area contributed by atoms with Gasteiger partial charge >= 0.3 is 0 Å². The number of rotatable bonds is 12. The van der Waals surface area contributed by atoms with Gasteiger partial charge in [0.15, 0.2) is 0 Å². The molecule has 0 N–H and O–H groups in total. The first-order valence-corrected chi connectivity index (χ1v) is 10.9. The SMILES string of the molecule is CS(=O)(=O)OCCCCCCCc1ccc(OCc2ccccc2)cc1. The van der Waals surface area contributed by atoms with Crippen molar-refractivity contribution in [2.75, 3.05) is 12.9 Å². The number of unbranched alkanes of at least 4 members (excludes halogenated alkanes) is 4. The van der Waals surface area contributed by atoms with E-state index >= 15 is 0 Å². The molecule has 2 rings (SSSR count). The van der Waals surface area contributed by atoms with Crippen LogP contribution in [0.4, 0.5) is 0 Å². The molecule has 0 saturated carbocycles. The Morgan fingerprint density at radius 1 is 0.769 bits per heavy atom. The van der Waals surface area contributed by atoms with E-state index in [0.29, 0.717) is 13.2 Å². The highest BCUT2D eigenvalue weighted by molar-refractivity contribution is 7.85. The largest absolute Gasteiger partial charge is 0.489 e. The van der Waals surface area contributed by atoms with E-state index in [9.17, 15) is 8.42 Å². The molecular formula is C21H28O4S. The molecule has 0 aromatic heterocycles. The summed E-state index contributed by atoms with van der Waals surface area (Å²) in [6, 6.07) is 18.5. The first kappa shape index (κ1) is 20.5. The van der Waals surface area contributed by atoms with Gasteiger partial charge in [0.25, 0.3) is 10.1 Å². The van der Waals surface area contributed by atoms with Crippen molar-refractivity contribution >= 4 is 10.1 Å². The Morgan fingerprint density at radius 3 is 2.12 bits per heavy atom. The predicted octanol–water partition coefficient (Wildman–Crippen LogP) is 4.73. The van der Waals surface area contributed by atoms with Crippen LogP contribution in [-0.4, -0.2) is 21.3 Å². The first-order valence-electron chi connectivity index (χ1n) is 9.13. The lowest BCUT2D eigenvalue weighted by Gasteiger charge is -2.07. The maximum atomic E-state index is 10.8. The Bertz CT molecular complexity index is 724. The molecule has 0 aliphatic heterocycles. The van der Waals surface area contributed by atoms with Crippen LogP contribution in [0.15, 0.2) is 54.6 Å². The van der Waals surface area contributed by atoms with Gasteiger partial charge in [-0.15, -0.1) is 0 Å². The summed E-state index contributed by atoms with van der Waals surface area (Å²) in [5.74, 6) is 0.892. The Hall–Kier alpha value is -1.85. The lowest BCUT2D eigenvalue weighted by Crippen LogP contribution is -2.03. The summed E-state index contributed by atoms with van der Waals surface area (Å²) in [7, 11) is -3.29. The van der Waals surface area contributed by atoms with Gasteiger partial charge < -0.3 is 4.74 Å². The molecular weight excluding hydrogens is 348 g/mol. The van der Waals surface area contributed by atoms with E-state index in [4.69, 9.17) is 8.92 Å². The Morgan fingerprint density at radius 2 is 1.42 bits per heavy atom. The number of ether oxygens (including phenoxy) is 1. The minimum absolute atomic E-state index is 0.295. The molecule has 0 aliphatic rings. The van der Waals surface area contributed by atoms with Crippen LogP contribution in [0.2, 0.25) is 0 Å². The average molecular weight is 377 g/mol. The summed E-state index contributed by atoms with van der Waals surface area (Å²) in [6.07, 6.45) is 7.32. The van der Waals surface area contributed by atoms with Crippen molar-refractivity contribution in [3.63, 3.8) is 0 Å². The highest BCUT2D eigenvalue weighted by Crippen LogP contribution is 2.16. The molecule has 142 valence electrons. The summed E-state index contributed by atoms with van der Waals surface area (Å²) < 4.78 is 32.2. The van der Waals surface area contributed by atoms with E-state index in [-0.39, 0.29) is 0 Å². The normalized spacial score (nSPS) is 11.4. The number of aryl methyl sites for hydroxylation is 1. The molecule has 0 amide bonds. The monoisotopic (exact) mass is 376 g/mol. The second-order valence-corrected chi connectivity index (χ2v) is 8.11. The molecule has 4 nitrogen and oxygen atoms in total. The lowest BCUT2D eigenvalue weighted by atomic mass is 10.1. The smallest absolute Gasteiger partial charge is 0.264 e. The highest BCUT2D eigenvalue weighted by atomic mass is 32.2. The van der Waals surface area contributed by atoms with Gasteiger partial charge in [-0.1, -0.05) is 61.7 Å². The molecule has 0 unspecified atom stereocenters. The van der Waals surface area contributed by atoms with E-state index in [1.54, 1.807) is 0 Å². The molecule has 2 aromatic rings. The van der Waals surface area contributed by atoms with Crippen LogP contribution in [0.3, 0.4) is 0 Å². The second-order valence-electron chi connectivity index (χ2n) is 6.46. The van der Waals surface area contributed by atoms with E-state index in [1.807, 2.05) is 30.3 Å². The van der Waals surface area contributed by atoms with Gasteiger partial charge in [-0.3, -0.25) is 4.18 Å². The predicted molar refractivity (Wildman–Crippen MR) is 105 cm³/mol. The molecule has 0 fully saturated rings. The fourth-order valence-corrected chi connectivity index (χ4v) is 3.09. The van der Waals surface area contributed by atoms with Crippen LogP contribution in [0.5, 0.6) is 5.75 Å². The van der Waals surface area contributed by atoms with Crippen molar-refractivity contribution in [1.82, 2.24) is 0 Å². The quantitative estimate of drug-likeness (QED) is 0.397. The van der Waals surface area contributed by atoms with Crippen molar-refractivity contribution in [2.45, 2.75) is 45.1 Å². The zero-order valence-electron chi connectivity index (χ0n) is 15.4. The summed E-state index contributed by atoms with van der Waals surface area (Å²) in [5.41, 5.74) is 2.48. The van der Waals surface area contributed by atoms with E-state index in [1.165, 1.54) is 11.1 Å². The van der Waals surface area contributed by atoms with Crippen LogP contribution in [-0.2, 0) is 27.3 Å². The molecule has 5 heteroatoms. The van der Waals surface area contributed by atoms with E-state index in [0.717, 1.165) is 50.5 Å². The highest BCUT2D eigenvalue weighted by Gasteiger charge is 2.01. The van der Waals surface area contributed by atoms with Crippen molar-refractivity contribution in [1.29, 1.82) is 0 Å². The van der Waals surface area contributed by atoms with Gasteiger partial charge in [0.1, 0.15) is 12.4 Å². The fraction of sp³-hybridized carbons (Fsp3) is 0.429. The summed E-state index contributed by atoms with van der Waals surface area (Å²) >= 11 is 0. The maximum absolute atomic E-state index is 10.8. The van der Waals surface area contributed by atoms with Gasteiger partial charge in [-0.2, -0.15) is 8.42 Å². The molecule has 0 radical (unpaired) electrons. The van der Waals surface area contributed by atoms with Crippen LogP contribution in [0, 0.1) is 0 Å². The van der Waals surface area contributed by atoms with E-state index < -0.39 is 10.1 Å². The van der Waals surface area contributed by atoms with Gasteiger partial charge in [-0.05, 0) is 42.5 Å². The minimum Gasteiger partial charge on any atom is -0.489 e. The van der Waals surface area contributed by atoms with Gasteiger partial charge in [0.2, 0.25) is 0 Å². The first-order chi connectivity index (χ1) is 12.5. The third kappa shape index (κ3) is 9.02. The molecule has 2 aromatic carbocycles. The van der Waals surface area contributed by atoms with Crippen LogP contribution < -0.4 is 4.74 Å². The van der Waals surface area contributed by atoms with Gasteiger partial charge in [0, 0.05) is 0 Å². The number of benzene rings is 2. The summed E-state index contributed by atoms with van der Waals surface area (Å²) in [4.78, 5) is 0. The van der Waals surface area contributed by atoms with Crippen molar-refractivity contribution in [3.8, 4) is 5.75 Å². The molecule has 0 saturated heterocycles. The van der Waals surface area contributed by atoms with Crippen molar-refractivity contribution in [3.05, 3.63) is 65.7 Å².